The second-order valence-electron chi connectivity index (χ2n) is 6.07. The number of hydrogen-bond acceptors (Lipinski definition) is 5. The molecule has 26 heavy (non-hydrogen) atoms. The Morgan fingerprint density at radius 3 is 2.62 bits per heavy atom. The molecule has 0 fully saturated rings. The van der Waals surface area contributed by atoms with Gasteiger partial charge in [0.05, 0.1) is 17.4 Å². The fraction of sp³-hybridized carbons (Fsp3) is 0.250. The Hall–Kier alpha value is -2.60. The number of rotatable bonds is 6. The molecule has 1 amide bonds. The summed E-state index contributed by atoms with van der Waals surface area (Å²) < 4.78 is 5.14. The van der Waals surface area contributed by atoms with Crippen LogP contribution in [0.3, 0.4) is 0 Å². The van der Waals surface area contributed by atoms with Gasteiger partial charge in [0, 0.05) is 4.90 Å². The molecule has 1 N–H and O–H groups in total. The summed E-state index contributed by atoms with van der Waals surface area (Å²) in [5.41, 5.74) is 2.93. The topological polar surface area (TPSA) is 68.0 Å². The molecule has 1 atom stereocenters. The van der Waals surface area contributed by atoms with E-state index >= 15 is 0 Å². The van der Waals surface area contributed by atoms with Crippen molar-refractivity contribution in [3.8, 4) is 0 Å². The second kappa shape index (κ2) is 8.19. The number of thioether (sulfide) groups is 1. The summed E-state index contributed by atoms with van der Waals surface area (Å²) in [5.74, 6) is 1.60. The Morgan fingerprint density at radius 2 is 1.88 bits per heavy atom. The molecule has 6 heteroatoms. The van der Waals surface area contributed by atoms with E-state index < -0.39 is 0 Å². The minimum absolute atomic E-state index is 0.0691. The summed E-state index contributed by atoms with van der Waals surface area (Å²) in [6, 6.07) is 15.6. The fourth-order valence-corrected chi connectivity index (χ4v) is 3.63. The molecule has 5 nitrogen and oxygen atoms in total. The maximum atomic E-state index is 12.8. The second-order valence-corrected chi connectivity index (χ2v) is 7.09. The van der Waals surface area contributed by atoms with Gasteiger partial charge in [-0.1, -0.05) is 41.6 Å². The lowest BCUT2D eigenvalue weighted by Gasteiger charge is -2.17. The normalized spacial score (nSPS) is 12.0. The van der Waals surface area contributed by atoms with Crippen LogP contribution in [0.2, 0.25) is 0 Å². The number of aryl methyl sites for hydroxylation is 2. The van der Waals surface area contributed by atoms with Crippen LogP contribution < -0.4 is 5.32 Å². The first-order chi connectivity index (χ1) is 12.5. The number of amides is 1. The number of nitrogens with one attached hydrogen (secondary N) is 1. The highest BCUT2D eigenvalue weighted by molar-refractivity contribution is 7.98. The van der Waals surface area contributed by atoms with Crippen LogP contribution in [-0.2, 0) is 5.75 Å². The standard InChI is InChI=1S/C20H21N3O2S/c1-13-8-4-5-9-16(13)14(2)21-20(24)17-10-6-7-11-18(17)26-12-19-22-15(3)23-25-19/h4-11,14H,12H2,1-3H3,(H,21,24). The van der Waals surface area contributed by atoms with Gasteiger partial charge >= 0.3 is 0 Å². The van der Waals surface area contributed by atoms with Crippen molar-refractivity contribution in [2.45, 2.75) is 37.5 Å². The zero-order valence-electron chi connectivity index (χ0n) is 15.0. The molecule has 3 rings (SSSR count). The molecule has 0 bridgehead atoms. The van der Waals surface area contributed by atoms with Crippen molar-refractivity contribution in [2.24, 2.45) is 0 Å². The monoisotopic (exact) mass is 367 g/mol. The van der Waals surface area contributed by atoms with Gasteiger partial charge in [0.15, 0.2) is 5.82 Å². The van der Waals surface area contributed by atoms with E-state index in [2.05, 4.69) is 15.5 Å². The van der Waals surface area contributed by atoms with Gasteiger partial charge in [-0.05, 0) is 44.0 Å². The molecular weight excluding hydrogens is 346 g/mol. The Kier molecular flexibility index (Phi) is 5.73. The lowest BCUT2D eigenvalue weighted by Crippen LogP contribution is -2.27. The summed E-state index contributed by atoms with van der Waals surface area (Å²) >= 11 is 1.51. The Balaban J connectivity index is 1.72. The van der Waals surface area contributed by atoms with Crippen LogP contribution in [0.1, 0.15) is 46.2 Å². The Morgan fingerprint density at radius 1 is 1.15 bits per heavy atom. The van der Waals surface area contributed by atoms with E-state index in [0.717, 1.165) is 16.0 Å². The van der Waals surface area contributed by atoms with Crippen molar-refractivity contribution in [3.63, 3.8) is 0 Å². The van der Waals surface area contributed by atoms with Crippen molar-refractivity contribution >= 4 is 17.7 Å². The molecule has 3 aromatic rings. The maximum absolute atomic E-state index is 12.8. The first-order valence-electron chi connectivity index (χ1n) is 8.42. The van der Waals surface area contributed by atoms with Crippen LogP contribution in [0.25, 0.3) is 0 Å². The molecular formula is C20H21N3O2S. The SMILES string of the molecule is Cc1noc(CSc2ccccc2C(=O)NC(C)c2ccccc2C)n1. The average molecular weight is 367 g/mol. The van der Waals surface area contributed by atoms with Crippen molar-refractivity contribution in [1.29, 1.82) is 0 Å². The quantitative estimate of drug-likeness (QED) is 0.651. The van der Waals surface area contributed by atoms with Crippen LogP contribution in [-0.4, -0.2) is 16.0 Å². The van der Waals surface area contributed by atoms with E-state index in [1.54, 1.807) is 6.92 Å². The summed E-state index contributed by atoms with van der Waals surface area (Å²) in [5, 5.41) is 6.88. The molecule has 0 spiro atoms. The summed E-state index contributed by atoms with van der Waals surface area (Å²) in [6.45, 7) is 5.83. The number of carbonyl (C=O) groups is 1. The molecule has 1 heterocycles. The number of hydrogen-bond donors (Lipinski definition) is 1. The molecule has 0 aliphatic heterocycles. The molecule has 0 aliphatic carbocycles. The predicted octanol–water partition coefficient (Wildman–Crippen LogP) is 4.47. The van der Waals surface area contributed by atoms with E-state index in [1.165, 1.54) is 11.8 Å². The zero-order valence-corrected chi connectivity index (χ0v) is 15.8. The first kappa shape index (κ1) is 18.2. The van der Waals surface area contributed by atoms with E-state index in [0.29, 0.717) is 23.0 Å². The van der Waals surface area contributed by atoms with Crippen LogP contribution in [0.4, 0.5) is 0 Å². The van der Waals surface area contributed by atoms with E-state index in [4.69, 9.17) is 4.52 Å². The van der Waals surface area contributed by atoms with Gasteiger partial charge in [-0.25, -0.2) is 0 Å². The summed E-state index contributed by atoms with van der Waals surface area (Å²) in [4.78, 5) is 17.9. The molecule has 0 saturated heterocycles. The van der Waals surface area contributed by atoms with Gasteiger partial charge in [0.1, 0.15) is 0 Å². The number of benzene rings is 2. The fourth-order valence-electron chi connectivity index (χ4n) is 2.74. The van der Waals surface area contributed by atoms with Crippen molar-refractivity contribution in [2.75, 3.05) is 0 Å². The smallest absolute Gasteiger partial charge is 0.252 e. The van der Waals surface area contributed by atoms with Gasteiger partial charge in [-0.15, -0.1) is 11.8 Å². The predicted molar refractivity (Wildman–Crippen MR) is 102 cm³/mol. The van der Waals surface area contributed by atoms with Crippen molar-refractivity contribution in [1.82, 2.24) is 15.5 Å². The molecule has 0 saturated carbocycles. The first-order valence-corrected chi connectivity index (χ1v) is 9.40. The Labute approximate surface area is 157 Å². The maximum Gasteiger partial charge on any atom is 0.252 e. The number of aromatic nitrogens is 2. The van der Waals surface area contributed by atoms with E-state index in [-0.39, 0.29) is 11.9 Å². The van der Waals surface area contributed by atoms with Crippen LogP contribution in [0.15, 0.2) is 57.9 Å². The van der Waals surface area contributed by atoms with Crippen molar-refractivity contribution < 1.29 is 9.32 Å². The lowest BCUT2D eigenvalue weighted by atomic mass is 10.0. The van der Waals surface area contributed by atoms with E-state index in [9.17, 15) is 4.79 Å². The molecule has 1 aromatic heterocycles. The highest BCUT2D eigenvalue weighted by Gasteiger charge is 2.16. The van der Waals surface area contributed by atoms with Crippen LogP contribution in [0.5, 0.6) is 0 Å². The van der Waals surface area contributed by atoms with Gasteiger partial charge in [0.25, 0.3) is 5.91 Å². The third-order valence-corrected chi connectivity index (χ3v) is 5.11. The molecule has 0 aliphatic rings. The van der Waals surface area contributed by atoms with Crippen molar-refractivity contribution in [3.05, 3.63) is 76.9 Å². The summed E-state index contributed by atoms with van der Waals surface area (Å²) in [7, 11) is 0. The molecule has 1 unspecified atom stereocenters. The average Bonchev–Trinajstić information content (AvgIpc) is 3.05. The minimum Gasteiger partial charge on any atom is -0.345 e. The van der Waals surface area contributed by atoms with Gasteiger partial charge < -0.3 is 9.84 Å². The van der Waals surface area contributed by atoms with Gasteiger partial charge in [-0.3, -0.25) is 4.79 Å². The van der Waals surface area contributed by atoms with Crippen LogP contribution in [0, 0.1) is 13.8 Å². The third-order valence-electron chi connectivity index (χ3n) is 4.06. The highest BCUT2D eigenvalue weighted by atomic mass is 32.2. The van der Waals surface area contributed by atoms with Gasteiger partial charge in [-0.2, -0.15) is 4.98 Å². The summed E-state index contributed by atoms with van der Waals surface area (Å²) in [6.07, 6.45) is 0. The largest absolute Gasteiger partial charge is 0.345 e. The van der Waals surface area contributed by atoms with E-state index in [1.807, 2.05) is 62.4 Å². The third kappa shape index (κ3) is 4.32. The molecule has 134 valence electrons. The zero-order chi connectivity index (χ0) is 18.5. The lowest BCUT2D eigenvalue weighted by molar-refractivity contribution is 0.0937. The highest BCUT2D eigenvalue weighted by Crippen LogP contribution is 2.26. The molecule has 2 aromatic carbocycles. The number of nitrogens with zero attached hydrogens (tertiary/aromatic N) is 2. The minimum atomic E-state index is -0.0921. The number of carbonyl (C=O) groups excluding carboxylic acids is 1. The molecule has 0 radical (unpaired) electrons. The van der Waals surface area contributed by atoms with Gasteiger partial charge in [0.2, 0.25) is 5.89 Å². The van der Waals surface area contributed by atoms with Crippen LogP contribution >= 0.6 is 11.8 Å². The Bertz CT molecular complexity index is 907.